The predicted octanol–water partition coefficient (Wildman–Crippen LogP) is 3.22. The average molecular weight is 254 g/mol. The first-order valence-electron chi connectivity index (χ1n) is 5.74. The molecule has 0 aromatic heterocycles. The predicted molar refractivity (Wildman–Crippen MR) is 72.2 cm³/mol. The molecule has 0 fully saturated rings. The molecule has 94 valence electrons. The SMILES string of the molecule is Cc1ccccc1CN(C)C(=O)C(C)(C)CCl. The highest BCUT2D eigenvalue weighted by Crippen LogP contribution is 2.21. The summed E-state index contributed by atoms with van der Waals surface area (Å²) in [6.45, 7) is 6.43. The Kier molecular flexibility index (Phi) is 4.58. The third kappa shape index (κ3) is 3.47. The molecule has 0 bridgehead atoms. The number of halogens is 1. The zero-order chi connectivity index (χ0) is 13.1. The Bertz CT molecular complexity index is 401. The molecule has 0 aliphatic rings. The molecule has 0 spiro atoms. The molecule has 1 aromatic carbocycles. The molecular formula is C14H20ClNO. The lowest BCUT2D eigenvalue weighted by molar-refractivity contribution is -0.138. The summed E-state index contributed by atoms with van der Waals surface area (Å²) in [6, 6.07) is 8.10. The number of carbonyl (C=O) groups is 1. The van der Waals surface area contributed by atoms with E-state index in [0.717, 1.165) is 0 Å². The summed E-state index contributed by atoms with van der Waals surface area (Å²) < 4.78 is 0. The van der Waals surface area contributed by atoms with E-state index in [4.69, 9.17) is 11.6 Å². The Morgan fingerprint density at radius 2 is 1.94 bits per heavy atom. The summed E-state index contributed by atoms with van der Waals surface area (Å²) in [7, 11) is 1.82. The van der Waals surface area contributed by atoms with Gasteiger partial charge in [-0.15, -0.1) is 11.6 Å². The van der Waals surface area contributed by atoms with E-state index in [-0.39, 0.29) is 5.91 Å². The maximum absolute atomic E-state index is 12.2. The number of alkyl halides is 1. The molecule has 3 heteroatoms. The minimum Gasteiger partial charge on any atom is -0.341 e. The lowest BCUT2D eigenvalue weighted by Gasteiger charge is -2.28. The lowest BCUT2D eigenvalue weighted by Crippen LogP contribution is -2.39. The van der Waals surface area contributed by atoms with Gasteiger partial charge in [0, 0.05) is 19.5 Å². The van der Waals surface area contributed by atoms with Crippen LogP contribution in [0.5, 0.6) is 0 Å². The second-order valence-corrected chi connectivity index (χ2v) is 5.37. The van der Waals surface area contributed by atoms with E-state index in [1.807, 2.05) is 39.1 Å². The quantitative estimate of drug-likeness (QED) is 0.755. The Morgan fingerprint density at radius 3 is 2.47 bits per heavy atom. The number of aryl methyl sites for hydroxylation is 1. The van der Waals surface area contributed by atoms with Gasteiger partial charge in [0.2, 0.25) is 5.91 Å². The van der Waals surface area contributed by atoms with Gasteiger partial charge in [-0.2, -0.15) is 0 Å². The second-order valence-electron chi connectivity index (χ2n) is 5.11. The molecule has 2 nitrogen and oxygen atoms in total. The van der Waals surface area contributed by atoms with E-state index in [1.54, 1.807) is 4.90 Å². The number of hydrogen-bond donors (Lipinski definition) is 0. The summed E-state index contributed by atoms with van der Waals surface area (Å²) in [5.41, 5.74) is 1.88. The van der Waals surface area contributed by atoms with Crippen molar-refractivity contribution in [1.29, 1.82) is 0 Å². The smallest absolute Gasteiger partial charge is 0.229 e. The fraction of sp³-hybridized carbons (Fsp3) is 0.500. The highest BCUT2D eigenvalue weighted by atomic mass is 35.5. The largest absolute Gasteiger partial charge is 0.341 e. The zero-order valence-corrected chi connectivity index (χ0v) is 11.7. The van der Waals surface area contributed by atoms with Gasteiger partial charge >= 0.3 is 0 Å². The van der Waals surface area contributed by atoms with Crippen molar-refractivity contribution < 1.29 is 4.79 Å². The molecule has 0 aliphatic carbocycles. The molecule has 1 aromatic rings. The number of carbonyl (C=O) groups excluding carboxylic acids is 1. The summed E-state index contributed by atoms with van der Waals surface area (Å²) in [5.74, 6) is 0.417. The van der Waals surface area contributed by atoms with E-state index >= 15 is 0 Å². The van der Waals surface area contributed by atoms with Gasteiger partial charge in [0.25, 0.3) is 0 Å². The number of nitrogens with zero attached hydrogens (tertiary/aromatic N) is 1. The van der Waals surface area contributed by atoms with Crippen LogP contribution in [0.4, 0.5) is 0 Å². The van der Waals surface area contributed by atoms with Crippen LogP contribution in [0.3, 0.4) is 0 Å². The molecule has 17 heavy (non-hydrogen) atoms. The van der Waals surface area contributed by atoms with Gasteiger partial charge < -0.3 is 4.90 Å². The third-order valence-corrected chi connectivity index (χ3v) is 3.60. The van der Waals surface area contributed by atoms with Gasteiger partial charge in [-0.3, -0.25) is 4.79 Å². The van der Waals surface area contributed by atoms with Gasteiger partial charge in [-0.05, 0) is 31.9 Å². The first-order valence-corrected chi connectivity index (χ1v) is 6.28. The maximum atomic E-state index is 12.2. The molecule has 0 saturated heterocycles. The van der Waals surface area contributed by atoms with Gasteiger partial charge in [-0.25, -0.2) is 0 Å². The topological polar surface area (TPSA) is 20.3 Å². The minimum absolute atomic E-state index is 0.0794. The normalized spacial score (nSPS) is 11.4. The van der Waals surface area contributed by atoms with Crippen LogP contribution in [-0.2, 0) is 11.3 Å². The number of rotatable bonds is 4. The maximum Gasteiger partial charge on any atom is 0.229 e. The number of hydrogen-bond acceptors (Lipinski definition) is 1. The first-order chi connectivity index (χ1) is 7.88. The number of benzene rings is 1. The Morgan fingerprint density at radius 1 is 1.35 bits per heavy atom. The average Bonchev–Trinajstić information content (AvgIpc) is 2.31. The Labute approximate surface area is 109 Å². The highest BCUT2D eigenvalue weighted by Gasteiger charge is 2.29. The van der Waals surface area contributed by atoms with Crippen molar-refractivity contribution >= 4 is 17.5 Å². The fourth-order valence-electron chi connectivity index (χ4n) is 1.69. The van der Waals surface area contributed by atoms with Crippen molar-refractivity contribution in [2.75, 3.05) is 12.9 Å². The van der Waals surface area contributed by atoms with Crippen molar-refractivity contribution in [3.05, 3.63) is 35.4 Å². The molecular weight excluding hydrogens is 234 g/mol. The van der Waals surface area contributed by atoms with Crippen molar-refractivity contribution in [2.24, 2.45) is 5.41 Å². The number of amides is 1. The second kappa shape index (κ2) is 5.54. The fourth-order valence-corrected chi connectivity index (χ4v) is 1.80. The lowest BCUT2D eigenvalue weighted by atomic mass is 9.94. The van der Waals surface area contributed by atoms with Crippen LogP contribution < -0.4 is 0 Å². The molecule has 0 N–H and O–H groups in total. The van der Waals surface area contributed by atoms with Gasteiger partial charge in [-0.1, -0.05) is 24.3 Å². The molecule has 0 saturated carbocycles. The van der Waals surface area contributed by atoms with Gasteiger partial charge in [0.15, 0.2) is 0 Å². The molecule has 1 amide bonds. The van der Waals surface area contributed by atoms with Crippen LogP contribution in [0.15, 0.2) is 24.3 Å². The van der Waals surface area contributed by atoms with Crippen LogP contribution in [0.2, 0.25) is 0 Å². The third-order valence-electron chi connectivity index (χ3n) is 2.93. The van der Waals surface area contributed by atoms with E-state index < -0.39 is 5.41 Å². The van der Waals surface area contributed by atoms with E-state index in [0.29, 0.717) is 12.4 Å². The van der Waals surface area contributed by atoms with Crippen LogP contribution in [0.1, 0.15) is 25.0 Å². The van der Waals surface area contributed by atoms with Gasteiger partial charge in [0.1, 0.15) is 0 Å². The van der Waals surface area contributed by atoms with Crippen molar-refractivity contribution in [1.82, 2.24) is 4.90 Å². The molecule has 0 unspecified atom stereocenters. The van der Waals surface area contributed by atoms with Crippen LogP contribution in [0, 0.1) is 12.3 Å². The van der Waals surface area contributed by atoms with Gasteiger partial charge in [0.05, 0.1) is 5.41 Å². The molecule has 1 rings (SSSR count). The van der Waals surface area contributed by atoms with Crippen LogP contribution >= 0.6 is 11.6 Å². The first kappa shape index (κ1) is 14.0. The monoisotopic (exact) mass is 253 g/mol. The molecule has 0 atom stereocenters. The zero-order valence-electron chi connectivity index (χ0n) is 11.0. The Hall–Kier alpha value is -1.02. The summed E-state index contributed by atoms with van der Waals surface area (Å²) in [4.78, 5) is 13.9. The summed E-state index contributed by atoms with van der Waals surface area (Å²) in [6.07, 6.45) is 0. The molecule has 0 radical (unpaired) electrons. The van der Waals surface area contributed by atoms with Crippen molar-refractivity contribution in [3.63, 3.8) is 0 Å². The highest BCUT2D eigenvalue weighted by molar-refractivity contribution is 6.19. The minimum atomic E-state index is -0.501. The molecule has 0 heterocycles. The van der Waals surface area contributed by atoms with E-state index in [1.165, 1.54) is 11.1 Å². The van der Waals surface area contributed by atoms with Crippen molar-refractivity contribution in [2.45, 2.75) is 27.3 Å². The standard InChI is InChI=1S/C14H20ClNO/c1-11-7-5-6-8-12(11)9-16(4)13(17)14(2,3)10-15/h5-8H,9-10H2,1-4H3. The summed E-state index contributed by atoms with van der Waals surface area (Å²) in [5, 5.41) is 0. The van der Waals surface area contributed by atoms with Crippen LogP contribution in [-0.4, -0.2) is 23.7 Å². The van der Waals surface area contributed by atoms with E-state index in [2.05, 4.69) is 13.0 Å². The van der Waals surface area contributed by atoms with Crippen molar-refractivity contribution in [3.8, 4) is 0 Å². The molecule has 0 aliphatic heterocycles. The summed E-state index contributed by atoms with van der Waals surface area (Å²) >= 11 is 5.82. The Balaban J connectivity index is 2.77. The van der Waals surface area contributed by atoms with E-state index in [9.17, 15) is 4.79 Å². The van der Waals surface area contributed by atoms with Crippen LogP contribution in [0.25, 0.3) is 0 Å².